The molecule has 2 aromatic heterocycles. The van der Waals surface area contributed by atoms with Gasteiger partial charge in [-0.1, -0.05) is 18.0 Å². The first kappa shape index (κ1) is 18.4. The number of carbonyl (C=O) groups is 1. The Morgan fingerprint density at radius 3 is 2.80 bits per heavy atom. The molecule has 0 saturated heterocycles. The van der Waals surface area contributed by atoms with Crippen LogP contribution < -0.4 is 0 Å². The van der Waals surface area contributed by atoms with Crippen LogP contribution in [0.25, 0.3) is 5.52 Å². The molecule has 0 atom stereocenters. The lowest BCUT2D eigenvalue weighted by atomic mass is 9.79. The van der Waals surface area contributed by atoms with Crippen LogP contribution >= 0.6 is 11.6 Å². The normalized spacial score (nSPS) is 15.5. The molecule has 2 aromatic rings. The molecule has 1 saturated carbocycles. The summed E-state index contributed by atoms with van der Waals surface area (Å²) in [6, 6.07) is 3.88. The predicted molar refractivity (Wildman–Crippen MR) is 100 cm³/mol. The number of aliphatic hydroxyl groups is 1. The van der Waals surface area contributed by atoms with Crippen LogP contribution in [0, 0.1) is 0 Å². The van der Waals surface area contributed by atoms with E-state index >= 15 is 0 Å². The van der Waals surface area contributed by atoms with Gasteiger partial charge in [0.2, 0.25) is 0 Å². The zero-order chi connectivity index (χ0) is 18.0. The Kier molecular flexibility index (Phi) is 5.49. The second-order valence-corrected chi connectivity index (χ2v) is 8.33. The SMILES string of the molecule is CC(C)(O)CC(=O)CCCCc1nn2ccc(Cl)cc2c1C1CCC1. The third kappa shape index (κ3) is 4.62. The van der Waals surface area contributed by atoms with Crippen molar-refractivity contribution in [2.45, 2.75) is 76.7 Å². The summed E-state index contributed by atoms with van der Waals surface area (Å²) in [5.74, 6) is 0.733. The molecule has 4 nitrogen and oxygen atoms in total. The predicted octanol–water partition coefficient (Wildman–Crippen LogP) is 4.70. The maximum Gasteiger partial charge on any atom is 0.135 e. The van der Waals surface area contributed by atoms with Crippen molar-refractivity contribution in [1.82, 2.24) is 9.61 Å². The van der Waals surface area contributed by atoms with Gasteiger partial charge in [-0.3, -0.25) is 4.79 Å². The minimum absolute atomic E-state index is 0.133. The van der Waals surface area contributed by atoms with Crippen molar-refractivity contribution in [3.8, 4) is 0 Å². The molecule has 0 radical (unpaired) electrons. The first-order valence-corrected chi connectivity index (χ1v) is 9.62. The summed E-state index contributed by atoms with van der Waals surface area (Å²) >= 11 is 6.18. The first-order valence-electron chi connectivity index (χ1n) is 9.24. The van der Waals surface area contributed by atoms with E-state index in [1.807, 2.05) is 22.8 Å². The Morgan fingerprint density at radius 1 is 1.40 bits per heavy atom. The number of aryl methyl sites for hydroxylation is 1. The van der Waals surface area contributed by atoms with Gasteiger partial charge in [-0.25, -0.2) is 4.52 Å². The highest BCUT2D eigenvalue weighted by molar-refractivity contribution is 6.30. The zero-order valence-corrected chi connectivity index (χ0v) is 15.9. The summed E-state index contributed by atoms with van der Waals surface area (Å²) in [5, 5.41) is 15.2. The third-order valence-corrected chi connectivity index (χ3v) is 5.21. The standard InChI is InChI=1S/C20H27ClN2O2/c1-20(2,25)13-16(24)8-3-4-9-17-19(14-6-5-7-14)18-12-15(21)10-11-23(18)22-17/h10-12,14,25H,3-9,13H2,1-2H3. The Balaban J connectivity index is 1.64. The van der Waals surface area contributed by atoms with Crippen molar-refractivity contribution >= 4 is 22.9 Å². The molecule has 1 N–H and O–H groups in total. The van der Waals surface area contributed by atoms with Crippen LogP contribution in [0.5, 0.6) is 0 Å². The maximum atomic E-state index is 11.9. The van der Waals surface area contributed by atoms with Crippen LogP contribution in [0.1, 0.15) is 76.0 Å². The van der Waals surface area contributed by atoms with Crippen molar-refractivity contribution < 1.29 is 9.90 Å². The molecule has 1 fully saturated rings. The highest BCUT2D eigenvalue weighted by atomic mass is 35.5. The summed E-state index contributed by atoms with van der Waals surface area (Å²) < 4.78 is 1.94. The van der Waals surface area contributed by atoms with Crippen molar-refractivity contribution in [2.75, 3.05) is 0 Å². The van der Waals surface area contributed by atoms with Gasteiger partial charge in [0, 0.05) is 29.6 Å². The van der Waals surface area contributed by atoms with Gasteiger partial charge >= 0.3 is 0 Å². The van der Waals surface area contributed by atoms with Gasteiger partial charge < -0.3 is 5.11 Å². The molecule has 0 unspecified atom stereocenters. The van der Waals surface area contributed by atoms with E-state index in [9.17, 15) is 9.90 Å². The van der Waals surface area contributed by atoms with Gasteiger partial charge in [-0.05, 0) is 64.0 Å². The lowest BCUT2D eigenvalue weighted by Gasteiger charge is -2.26. The molecule has 0 spiro atoms. The van der Waals surface area contributed by atoms with E-state index in [1.165, 1.54) is 24.8 Å². The number of halogens is 1. The fourth-order valence-corrected chi connectivity index (χ4v) is 3.76. The molecule has 3 rings (SSSR count). The number of hydrogen-bond acceptors (Lipinski definition) is 3. The Bertz CT molecular complexity index is 757. The average Bonchev–Trinajstić information content (AvgIpc) is 2.78. The summed E-state index contributed by atoms with van der Waals surface area (Å²) in [6.45, 7) is 3.36. The fourth-order valence-electron chi connectivity index (χ4n) is 3.60. The molecule has 1 aliphatic carbocycles. The quantitative estimate of drug-likeness (QED) is 0.692. The number of nitrogens with zero attached hydrogens (tertiary/aromatic N) is 2. The number of hydrogen-bond donors (Lipinski definition) is 1. The van der Waals surface area contributed by atoms with Crippen molar-refractivity contribution in [3.63, 3.8) is 0 Å². The summed E-state index contributed by atoms with van der Waals surface area (Å²) in [6.07, 6.45) is 9.10. The number of unbranched alkanes of at least 4 members (excludes halogenated alkanes) is 1. The van der Waals surface area contributed by atoms with E-state index in [0.717, 1.165) is 35.5 Å². The lowest BCUT2D eigenvalue weighted by molar-refractivity contribution is -0.122. The first-order chi connectivity index (χ1) is 11.8. The highest BCUT2D eigenvalue weighted by Crippen LogP contribution is 2.40. The van der Waals surface area contributed by atoms with E-state index in [0.29, 0.717) is 12.3 Å². The smallest absolute Gasteiger partial charge is 0.135 e. The Morgan fingerprint density at radius 2 is 2.16 bits per heavy atom. The number of ketones is 1. The second kappa shape index (κ2) is 7.46. The van der Waals surface area contributed by atoms with Crippen LogP contribution in [-0.4, -0.2) is 26.1 Å². The van der Waals surface area contributed by atoms with Crippen LogP contribution in [0.15, 0.2) is 18.3 Å². The number of fused-ring (bicyclic) bond motifs is 1. The molecule has 0 bridgehead atoms. The van der Waals surface area contributed by atoms with Gasteiger partial charge in [-0.15, -0.1) is 0 Å². The molecule has 5 heteroatoms. The van der Waals surface area contributed by atoms with E-state index in [2.05, 4.69) is 0 Å². The van der Waals surface area contributed by atoms with E-state index in [4.69, 9.17) is 16.7 Å². The largest absolute Gasteiger partial charge is 0.390 e. The molecule has 2 heterocycles. The molecular formula is C20H27ClN2O2. The molecule has 1 aliphatic rings. The van der Waals surface area contributed by atoms with Crippen LogP contribution in [0.2, 0.25) is 5.02 Å². The van der Waals surface area contributed by atoms with Gasteiger partial charge in [0.25, 0.3) is 0 Å². The van der Waals surface area contributed by atoms with Gasteiger partial charge in [0.15, 0.2) is 0 Å². The van der Waals surface area contributed by atoms with Crippen LogP contribution in [-0.2, 0) is 11.2 Å². The van der Waals surface area contributed by atoms with Crippen molar-refractivity contribution in [1.29, 1.82) is 0 Å². The van der Waals surface area contributed by atoms with Crippen LogP contribution in [0.3, 0.4) is 0 Å². The molecule has 136 valence electrons. The Labute approximate surface area is 154 Å². The number of aromatic nitrogens is 2. The second-order valence-electron chi connectivity index (χ2n) is 7.90. The summed E-state index contributed by atoms with van der Waals surface area (Å²) in [5.41, 5.74) is 2.73. The van der Waals surface area contributed by atoms with Crippen molar-refractivity contribution in [3.05, 3.63) is 34.6 Å². The zero-order valence-electron chi connectivity index (χ0n) is 15.1. The molecule has 0 aromatic carbocycles. The number of Topliss-reactive ketones (excluding diaryl/α,β-unsaturated/α-hetero) is 1. The van der Waals surface area contributed by atoms with Crippen LogP contribution in [0.4, 0.5) is 0 Å². The highest BCUT2D eigenvalue weighted by Gasteiger charge is 2.26. The monoisotopic (exact) mass is 362 g/mol. The van der Waals surface area contributed by atoms with E-state index in [1.54, 1.807) is 13.8 Å². The fraction of sp³-hybridized carbons (Fsp3) is 0.600. The van der Waals surface area contributed by atoms with Gasteiger partial charge in [0.1, 0.15) is 5.78 Å². The number of rotatable bonds is 8. The molecule has 0 aliphatic heterocycles. The lowest BCUT2D eigenvalue weighted by Crippen LogP contribution is -2.23. The topological polar surface area (TPSA) is 54.6 Å². The average molecular weight is 363 g/mol. The van der Waals surface area contributed by atoms with Crippen molar-refractivity contribution in [2.24, 2.45) is 0 Å². The minimum Gasteiger partial charge on any atom is -0.390 e. The van der Waals surface area contributed by atoms with Gasteiger partial charge in [0.05, 0.1) is 16.8 Å². The van der Waals surface area contributed by atoms with E-state index in [-0.39, 0.29) is 12.2 Å². The number of carbonyl (C=O) groups excluding carboxylic acids is 1. The molecule has 0 amide bonds. The maximum absolute atomic E-state index is 11.9. The Hall–Kier alpha value is -1.39. The van der Waals surface area contributed by atoms with E-state index < -0.39 is 5.60 Å². The summed E-state index contributed by atoms with van der Waals surface area (Å²) in [4.78, 5) is 11.9. The third-order valence-electron chi connectivity index (χ3n) is 4.97. The minimum atomic E-state index is -0.907. The van der Waals surface area contributed by atoms with Gasteiger partial charge in [-0.2, -0.15) is 5.10 Å². The number of pyridine rings is 1. The summed E-state index contributed by atoms with van der Waals surface area (Å²) in [7, 11) is 0. The molecule has 25 heavy (non-hydrogen) atoms. The molecular weight excluding hydrogens is 336 g/mol.